The van der Waals surface area contributed by atoms with Gasteiger partial charge in [0.05, 0.1) is 25.9 Å². The van der Waals surface area contributed by atoms with Crippen molar-refractivity contribution in [2.75, 3.05) is 20.8 Å². The summed E-state index contributed by atoms with van der Waals surface area (Å²) in [6, 6.07) is 5.72. The number of allylic oxidation sites excluding steroid dienone is 3. The molecule has 1 aromatic carbocycles. The normalized spacial score (nSPS) is 19.3. The summed E-state index contributed by atoms with van der Waals surface area (Å²) in [6.45, 7) is 4.29. The Morgan fingerprint density at radius 3 is 2.71 bits per heavy atom. The molecule has 150 valence electrons. The van der Waals surface area contributed by atoms with Crippen LogP contribution in [0.4, 0.5) is 0 Å². The molecule has 3 rings (SSSR count). The van der Waals surface area contributed by atoms with Crippen LogP contribution in [-0.2, 0) is 25.7 Å². The quantitative estimate of drug-likeness (QED) is 0.757. The maximum absolute atomic E-state index is 12.9. The van der Waals surface area contributed by atoms with Crippen molar-refractivity contribution < 1.29 is 23.8 Å². The monoisotopic (exact) mass is 385 g/mol. The summed E-state index contributed by atoms with van der Waals surface area (Å²) in [7, 11) is 3.23. The van der Waals surface area contributed by atoms with Crippen LogP contribution in [0.3, 0.4) is 0 Å². The van der Waals surface area contributed by atoms with Gasteiger partial charge in [-0.05, 0) is 44.4 Å². The third-order valence-electron chi connectivity index (χ3n) is 5.21. The van der Waals surface area contributed by atoms with E-state index >= 15 is 0 Å². The highest BCUT2D eigenvalue weighted by Gasteiger charge is 2.39. The van der Waals surface area contributed by atoms with E-state index in [9.17, 15) is 9.59 Å². The van der Waals surface area contributed by atoms with Crippen LogP contribution in [0.15, 0.2) is 40.7 Å². The van der Waals surface area contributed by atoms with Gasteiger partial charge in [0.2, 0.25) is 0 Å². The molecule has 0 amide bonds. The zero-order chi connectivity index (χ0) is 20.3. The van der Waals surface area contributed by atoms with Gasteiger partial charge in [0.25, 0.3) is 0 Å². The Morgan fingerprint density at radius 1 is 1.25 bits per heavy atom. The summed E-state index contributed by atoms with van der Waals surface area (Å²) < 4.78 is 16.0. The summed E-state index contributed by atoms with van der Waals surface area (Å²) in [5.41, 5.74) is 4.54. The molecule has 1 aliphatic heterocycles. The van der Waals surface area contributed by atoms with Gasteiger partial charge in [0.15, 0.2) is 5.78 Å². The molecule has 0 unspecified atom stereocenters. The van der Waals surface area contributed by atoms with Crippen molar-refractivity contribution in [1.29, 1.82) is 0 Å². The van der Waals surface area contributed by atoms with Gasteiger partial charge < -0.3 is 19.5 Å². The first-order valence-corrected chi connectivity index (χ1v) is 9.58. The van der Waals surface area contributed by atoms with E-state index in [1.54, 1.807) is 21.1 Å². The fourth-order valence-corrected chi connectivity index (χ4v) is 4.04. The minimum atomic E-state index is -0.454. The fraction of sp³-hybridized carbons (Fsp3) is 0.455. The Labute approximate surface area is 165 Å². The number of carbonyl (C=O) groups excluding carboxylic acids is 2. The highest BCUT2D eigenvalue weighted by atomic mass is 16.5. The zero-order valence-corrected chi connectivity index (χ0v) is 16.9. The minimum absolute atomic E-state index is 0.0807. The average Bonchev–Trinajstić information content (AvgIpc) is 2.67. The summed E-state index contributed by atoms with van der Waals surface area (Å²) >= 11 is 0. The second-order valence-corrected chi connectivity index (χ2v) is 6.99. The molecule has 0 bridgehead atoms. The van der Waals surface area contributed by atoms with E-state index in [2.05, 4.69) is 5.32 Å². The van der Waals surface area contributed by atoms with Crippen LogP contribution < -0.4 is 10.1 Å². The molecule has 1 N–H and O–H groups in total. The molecule has 1 heterocycles. The van der Waals surface area contributed by atoms with Crippen molar-refractivity contribution in [1.82, 2.24) is 5.32 Å². The SMILES string of the molecule is CCOC(=O)C1=C(C)NC2=C(C(=O)CCC2)[C@H]1c1ccc(OC)c(COC)c1. The summed E-state index contributed by atoms with van der Waals surface area (Å²) in [5.74, 6) is -0.0598. The number of methoxy groups -OCH3 is 2. The lowest BCUT2D eigenvalue weighted by Gasteiger charge is -2.34. The maximum atomic E-state index is 12.9. The number of rotatable bonds is 6. The second kappa shape index (κ2) is 8.61. The highest BCUT2D eigenvalue weighted by molar-refractivity contribution is 6.03. The van der Waals surface area contributed by atoms with Crippen molar-refractivity contribution in [2.45, 2.75) is 45.6 Å². The molecule has 6 nitrogen and oxygen atoms in total. The van der Waals surface area contributed by atoms with Crippen LogP contribution in [0, 0.1) is 0 Å². The summed E-state index contributed by atoms with van der Waals surface area (Å²) in [5, 5.41) is 3.29. The van der Waals surface area contributed by atoms with Gasteiger partial charge in [0.1, 0.15) is 5.75 Å². The first-order chi connectivity index (χ1) is 13.5. The molecule has 1 atom stereocenters. The van der Waals surface area contributed by atoms with E-state index in [1.165, 1.54) is 0 Å². The van der Waals surface area contributed by atoms with E-state index in [0.717, 1.165) is 35.4 Å². The number of dihydropyridines is 1. The van der Waals surface area contributed by atoms with Crippen LogP contribution >= 0.6 is 0 Å². The number of carbonyl (C=O) groups is 2. The number of ether oxygens (including phenoxy) is 3. The molecule has 1 aromatic rings. The van der Waals surface area contributed by atoms with E-state index in [1.807, 2.05) is 25.1 Å². The number of esters is 1. The van der Waals surface area contributed by atoms with Gasteiger partial charge in [0, 0.05) is 42.0 Å². The average molecular weight is 385 g/mol. The van der Waals surface area contributed by atoms with Crippen LogP contribution in [0.5, 0.6) is 5.75 Å². The molecule has 0 spiro atoms. The first-order valence-electron chi connectivity index (χ1n) is 9.58. The topological polar surface area (TPSA) is 73.9 Å². The second-order valence-electron chi connectivity index (χ2n) is 6.99. The fourth-order valence-electron chi connectivity index (χ4n) is 4.04. The smallest absolute Gasteiger partial charge is 0.336 e. The largest absolute Gasteiger partial charge is 0.496 e. The van der Waals surface area contributed by atoms with Crippen molar-refractivity contribution in [3.63, 3.8) is 0 Å². The molecule has 2 aliphatic rings. The zero-order valence-electron chi connectivity index (χ0n) is 16.9. The van der Waals surface area contributed by atoms with Gasteiger partial charge in [-0.2, -0.15) is 0 Å². The van der Waals surface area contributed by atoms with Gasteiger partial charge in [-0.25, -0.2) is 4.79 Å². The van der Waals surface area contributed by atoms with E-state index in [0.29, 0.717) is 29.9 Å². The molecule has 0 radical (unpaired) electrons. The Morgan fingerprint density at radius 2 is 2.04 bits per heavy atom. The Hall–Kier alpha value is -2.60. The van der Waals surface area contributed by atoms with Gasteiger partial charge in [-0.15, -0.1) is 0 Å². The van der Waals surface area contributed by atoms with Crippen molar-refractivity contribution in [3.8, 4) is 5.75 Å². The Kier molecular flexibility index (Phi) is 6.19. The van der Waals surface area contributed by atoms with Gasteiger partial charge in [-0.1, -0.05) is 6.07 Å². The van der Waals surface area contributed by atoms with E-state index in [4.69, 9.17) is 14.2 Å². The molecule has 28 heavy (non-hydrogen) atoms. The highest BCUT2D eigenvalue weighted by Crippen LogP contribution is 2.43. The number of benzene rings is 1. The number of nitrogens with one attached hydrogen (secondary N) is 1. The number of Topliss-reactive ketones (excluding diaryl/α,β-unsaturated/α-hetero) is 1. The third-order valence-corrected chi connectivity index (χ3v) is 5.21. The van der Waals surface area contributed by atoms with Crippen molar-refractivity contribution in [2.24, 2.45) is 0 Å². The predicted octanol–water partition coefficient (Wildman–Crippen LogP) is 3.37. The van der Waals surface area contributed by atoms with Crippen molar-refractivity contribution in [3.05, 3.63) is 51.9 Å². The standard InChI is InChI=1S/C22H27NO5/c1-5-28-22(25)19-13(2)23-16-7-6-8-17(24)21(16)20(19)14-9-10-18(27-4)15(11-14)12-26-3/h9-11,20,23H,5-8,12H2,1-4H3/t20-/m0/s1. The lowest BCUT2D eigenvalue weighted by Crippen LogP contribution is -2.34. The molecule has 1 aliphatic carbocycles. The summed E-state index contributed by atoms with van der Waals surface area (Å²) in [6.07, 6.45) is 2.11. The number of hydrogen-bond acceptors (Lipinski definition) is 6. The van der Waals surface area contributed by atoms with Gasteiger partial charge >= 0.3 is 5.97 Å². The molecule has 0 fully saturated rings. The molecule has 0 saturated heterocycles. The van der Waals surface area contributed by atoms with Gasteiger partial charge in [-0.3, -0.25) is 4.79 Å². The Balaban J connectivity index is 2.17. The molecule has 6 heteroatoms. The lowest BCUT2D eigenvalue weighted by atomic mass is 9.75. The Bertz CT molecular complexity index is 852. The molecule has 0 aromatic heterocycles. The van der Waals surface area contributed by atoms with E-state index < -0.39 is 11.9 Å². The maximum Gasteiger partial charge on any atom is 0.336 e. The van der Waals surface area contributed by atoms with Crippen LogP contribution in [0.2, 0.25) is 0 Å². The molecular formula is C22H27NO5. The van der Waals surface area contributed by atoms with Crippen LogP contribution in [-0.4, -0.2) is 32.6 Å². The minimum Gasteiger partial charge on any atom is -0.496 e. The number of ketones is 1. The van der Waals surface area contributed by atoms with Crippen LogP contribution in [0.25, 0.3) is 0 Å². The lowest BCUT2D eigenvalue weighted by molar-refractivity contribution is -0.138. The molecular weight excluding hydrogens is 358 g/mol. The van der Waals surface area contributed by atoms with Crippen LogP contribution in [0.1, 0.15) is 50.2 Å². The van der Waals surface area contributed by atoms with Crippen molar-refractivity contribution >= 4 is 11.8 Å². The predicted molar refractivity (Wildman–Crippen MR) is 105 cm³/mol. The third kappa shape index (κ3) is 3.69. The molecule has 0 saturated carbocycles. The number of hydrogen-bond donors (Lipinski definition) is 1. The summed E-state index contributed by atoms with van der Waals surface area (Å²) in [4.78, 5) is 25.7. The van der Waals surface area contributed by atoms with E-state index in [-0.39, 0.29) is 12.4 Å². The first kappa shape index (κ1) is 20.1.